The molecule has 1 N–H and O–H groups in total. The fourth-order valence-corrected chi connectivity index (χ4v) is 4.21. The van der Waals surface area contributed by atoms with Crippen LogP contribution in [0.25, 0.3) is 0 Å². The summed E-state index contributed by atoms with van der Waals surface area (Å²) in [6.45, 7) is 3.52. The summed E-state index contributed by atoms with van der Waals surface area (Å²) < 4.78 is 0. The molecular weight excluding hydrogens is 210 g/mol. The van der Waals surface area contributed by atoms with Crippen LogP contribution in [0.5, 0.6) is 0 Å². The smallest absolute Gasteiger partial charge is 0.0558 e. The van der Waals surface area contributed by atoms with E-state index in [2.05, 4.69) is 18.9 Å². The molecule has 3 atom stereocenters. The molecule has 0 bridgehead atoms. The quantitative estimate of drug-likeness (QED) is 0.817. The molecule has 2 nitrogen and oxygen atoms in total. The van der Waals surface area contributed by atoms with Crippen LogP contribution in [0.15, 0.2) is 0 Å². The van der Waals surface area contributed by atoms with Crippen LogP contribution in [0.1, 0.15) is 64.7 Å². The first-order chi connectivity index (χ1) is 8.19. The maximum atomic E-state index is 10.1. The zero-order valence-electron chi connectivity index (χ0n) is 11.6. The Kier molecular flexibility index (Phi) is 4.48. The van der Waals surface area contributed by atoms with Crippen molar-refractivity contribution >= 4 is 0 Å². The number of likely N-dealkylation sites (tertiary alicyclic amines) is 1. The Balaban J connectivity index is 2.10. The van der Waals surface area contributed by atoms with Crippen LogP contribution in [0.2, 0.25) is 0 Å². The molecule has 1 spiro atoms. The lowest BCUT2D eigenvalue weighted by Gasteiger charge is -2.54. The van der Waals surface area contributed by atoms with E-state index in [0.29, 0.717) is 5.54 Å². The molecule has 2 aliphatic rings. The molecule has 0 aromatic heterocycles. The van der Waals surface area contributed by atoms with Crippen molar-refractivity contribution in [2.75, 3.05) is 13.6 Å². The second-order valence-corrected chi connectivity index (χ2v) is 6.26. The van der Waals surface area contributed by atoms with E-state index in [-0.39, 0.29) is 6.10 Å². The Morgan fingerprint density at radius 2 is 2.12 bits per heavy atom. The van der Waals surface area contributed by atoms with Gasteiger partial charge in [-0.3, -0.25) is 0 Å². The average molecular weight is 239 g/mol. The van der Waals surface area contributed by atoms with Gasteiger partial charge in [-0.15, -0.1) is 0 Å². The van der Waals surface area contributed by atoms with Gasteiger partial charge in [0.15, 0.2) is 0 Å². The summed E-state index contributed by atoms with van der Waals surface area (Å²) >= 11 is 0. The Morgan fingerprint density at radius 1 is 1.29 bits per heavy atom. The topological polar surface area (TPSA) is 23.5 Å². The average Bonchev–Trinajstić information content (AvgIpc) is 2.31. The van der Waals surface area contributed by atoms with Gasteiger partial charge in [0.05, 0.1) is 6.10 Å². The highest BCUT2D eigenvalue weighted by Crippen LogP contribution is 2.45. The number of unbranched alkanes of at least 4 members (excludes halogenated alkanes) is 1. The van der Waals surface area contributed by atoms with Crippen molar-refractivity contribution in [3.8, 4) is 0 Å². The first-order valence-corrected chi connectivity index (χ1v) is 7.58. The molecule has 100 valence electrons. The lowest BCUT2D eigenvalue weighted by atomic mass is 9.66. The normalized spacial score (nSPS) is 39.7. The maximum absolute atomic E-state index is 10.1. The largest absolute Gasteiger partial charge is 0.393 e. The zero-order chi connectivity index (χ0) is 12.3. The van der Waals surface area contributed by atoms with Crippen LogP contribution < -0.4 is 0 Å². The molecular formula is C15H29NO. The summed E-state index contributed by atoms with van der Waals surface area (Å²) in [4.78, 5) is 2.58. The van der Waals surface area contributed by atoms with Gasteiger partial charge < -0.3 is 10.0 Å². The summed E-state index contributed by atoms with van der Waals surface area (Å²) in [7, 11) is 2.29. The minimum absolute atomic E-state index is 0.0478. The van der Waals surface area contributed by atoms with Crippen molar-refractivity contribution in [3.63, 3.8) is 0 Å². The van der Waals surface area contributed by atoms with E-state index in [1.807, 2.05) is 0 Å². The molecule has 2 fully saturated rings. The van der Waals surface area contributed by atoms with Gasteiger partial charge in [-0.25, -0.2) is 0 Å². The van der Waals surface area contributed by atoms with Crippen molar-refractivity contribution in [3.05, 3.63) is 0 Å². The maximum Gasteiger partial charge on any atom is 0.0558 e. The van der Waals surface area contributed by atoms with Crippen molar-refractivity contribution in [2.45, 2.75) is 76.4 Å². The first-order valence-electron chi connectivity index (χ1n) is 7.58. The molecule has 17 heavy (non-hydrogen) atoms. The molecule has 0 amide bonds. The van der Waals surface area contributed by atoms with Crippen LogP contribution in [0.4, 0.5) is 0 Å². The third kappa shape index (κ3) is 2.68. The van der Waals surface area contributed by atoms with Crippen molar-refractivity contribution in [2.24, 2.45) is 5.92 Å². The van der Waals surface area contributed by atoms with E-state index < -0.39 is 0 Å². The second kappa shape index (κ2) is 5.71. The molecule has 1 saturated carbocycles. The van der Waals surface area contributed by atoms with E-state index in [4.69, 9.17) is 0 Å². The Morgan fingerprint density at radius 3 is 2.82 bits per heavy atom. The highest BCUT2D eigenvalue weighted by molar-refractivity contribution is 5.01. The van der Waals surface area contributed by atoms with E-state index in [9.17, 15) is 5.11 Å². The fraction of sp³-hybridized carbons (Fsp3) is 1.00. The number of piperidine rings is 1. The summed E-state index contributed by atoms with van der Waals surface area (Å²) in [5.74, 6) is 0.830. The first kappa shape index (κ1) is 13.4. The van der Waals surface area contributed by atoms with E-state index in [0.717, 1.165) is 18.8 Å². The molecule has 2 heteroatoms. The Hall–Kier alpha value is -0.0800. The second-order valence-electron chi connectivity index (χ2n) is 6.26. The summed E-state index contributed by atoms with van der Waals surface area (Å²) in [6, 6.07) is 0. The zero-order valence-corrected chi connectivity index (χ0v) is 11.6. The standard InChI is InChI=1S/C15H29NO/c1-3-4-7-13-8-6-11-16(2)15(13)10-5-9-14(17)12-15/h13-14,17H,3-12H2,1-2H3. The van der Waals surface area contributed by atoms with Crippen molar-refractivity contribution in [1.29, 1.82) is 0 Å². The van der Waals surface area contributed by atoms with Gasteiger partial charge in [0, 0.05) is 5.54 Å². The molecule has 0 aromatic carbocycles. The monoisotopic (exact) mass is 239 g/mol. The summed E-state index contributed by atoms with van der Waals surface area (Å²) in [5.41, 5.74) is 0.338. The van der Waals surface area contributed by atoms with Gasteiger partial charge in [0.1, 0.15) is 0 Å². The van der Waals surface area contributed by atoms with Crippen molar-refractivity contribution in [1.82, 2.24) is 4.90 Å². The highest BCUT2D eigenvalue weighted by atomic mass is 16.3. The lowest BCUT2D eigenvalue weighted by Crippen LogP contribution is -2.58. The molecule has 1 aliphatic carbocycles. The van der Waals surface area contributed by atoms with Gasteiger partial charge in [0.2, 0.25) is 0 Å². The molecule has 0 radical (unpaired) electrons. The number of nitrogens with zero attached hydrogens (tertiary/aromatic N) is 1. The molecule has 3 unspecified atom stereocenters. The lowest BCUT2D eigenvalue weighted by molar-refractivity contribution is -0.0579. The summed E-state index contributed by atoms with van der Waals surface area (Å²) in [6.07, 6.45) is 11.3. The molecule has 1 aliphatic heterocycles. The molecule has 1 heterocycles. The van der Waals surface area contributed by atoms with Crippen LogP contribution in [-0.4, -0.2) is 35.2 Å². The van der Waals surface area contributed by atoms with E-state index in [1.54, 1.807) is 0 Å². The van der Waals surface area contributed by atoms with E-state index in [1.165, 1.54) is 51.5 Å². The molecule has 0 aromatic rings. The fourth-order valence-electron chi connectivity index (χ4n) is 4.21. The number of hydrogen-bond acceptors (Lipinski definition) is 2. The highest BCUT2D eigenvalue weighted by Gasteiger charge is 2.46. The van der Waals surface area contributed by atoms with Gasteiger partial charge in [-0.2, -0.15) is 0 Å². The van der Waals surface area contributed by atoms with Gasteiger partial charge in [-0.1, -0.05) is 19.8 Å². The number of aliphatic hydroxyl groups is 1. The number of aliphatic hydroxyl groups excluding tert-OH is 1. The van der Waals surface area contributed by atoms with Gasteiger partial charge >= 0.3 is 0 Å². The predicted octanol–water partition coefficient (Wildman–Crippen LogP) is 3.19. The Labute approximate surface area is 106 Å². The van der Waals surface area contributed by atoms with Gasteiger partial charge in [-0.05, 0) is 64.5 Å². The Bertz CT molecular complexity index is 243. The molecule has 2 rings (SSSR count). The summed E-state index contributed by atoms with van der Waals surface area (Å²) in [5, 5.41) is 10.1. The van der Waals surface area contributed by atoms with E-state index >= 15 is 0 Å². The van der Waals surface area contributed by atoms with Gasteiger partial charge in [0.25, 0.3) is 0 Å². The van der Waals surface area contributed by atoms with Crippen LogP contribution in [-0.2, 0) is 0 Å². The van der Waals surface area contributed by atoms with Crippen LogP contribution in [0.3, 0.4) is 0 Å². The third-order valence-corrected chi connectivity index (χ3v) is 5.21. The number of rotatable bonds is 3. The predicted molar refractivity (Wildman–Crippen MR) is 72.1 cm³/mol. The van der Waals surface area contributed by atoms with Crippen LogP contribution >= 0.6 is 0 Å². The van der Waals surface area contributed by atoms with Crippen LogP contribution in [0, 0.1) is 5.92 Å². The number of hydrogen-bond donors (Lipinski definition) is 1. The minimum Gasteiger partial charge on any atom is -0.393 e. The SMILES string of the molecule is CCCCC1CCCN(C)C12CCCC(O)C2. The van der Waals surface area contributed by atoms with Crippen molar-refractivity contribution < 1.29 is 5.11 Å². The minimum atomic E-state index is -0.0478. The third-order valence-electron chi connectivity index (χ3n) is 5.21. The molecule has 1 saturated heterocycles.